The van der Waals surface area contributed by atoms with Crippen LogP contribution in [0.3, 0.4) is 0 Å². The van der Waals surface area contributed by atoms with E-state index in [1.54, 1.807) is 0 Å². The first-order valence-corrected chi connectivity index (χ1v) is 17.9. The molecule has 240 valence electrons. The zero-order valence-corrected chi connectivity index (χ0v) is 28.8. The van der Waals surface area contributed by atoms with Crippen molar-refractivity contribution in [3.8, 4) is 55.6 Å². The monoisotopic (exact) mass is 648 g/mol. The molecule has 0 saturated carbocycles. The Morgan fingerprint density at radius 3 is 1.69 bits per heavy atom. The van der Waals surface area contributed by atoms with Crippen LogP contribution in [0.25, 0.3) is 88.0 Å². The van der Waals surface area contributed by atoms with E-state index in [9.17, 15) is 0 Å². The normalized spacial score (nSPS) is 13.1. The van der Waals surface area contributed by atoms with Gasteiger partial charge in [-0.3, -0.25) is 0 Å². The van der Waals surface area contributed by atoms with Crippen LogP contribution in [0.15, 0.2) is 182 Å². The highest BCUT2D eigenvalue weighted by atomic mass is 14.4. The summed E-state index contributed by atoms with van der Waals surface area (Å²) < 4.78 is 0. The maximum absolute atomic E-state index is 2.48. The Bertz CT molecular complexity index is 2810. The van der Waals surface area contributed by atoms with Gasteiger partial charge in [0.1, 0.15) is 0 Å². The molecular formula is C51H36. The van der Waals surface area contributed by atoms with Crippen LogP contribution in [0.5, 0.6) is 0 Å². The second kappa shape index (κ2) is 11.4. The fourth-order valence-electron chi connectivity index (χ4n) is 8.79. The second-order valence-corrected chi connectivity index (χ2v) is 14.5. The molecule has 0 aromatic heterocycles. The Labute approximate surface area is 299 Å². The van der Waals surface area contributed by atoms with Crippen molar-refractivity contribution in [1.82, 2.24) is 0 Å². The Balaban J connectivity index is 1.26. The lowest BCUT2D eigenvalue weighted by Gasteiger charge is -2.23. The van der Waals surface area contributed by atoms with Gasteiger partial charge in [-0.05, 0) is 117 Å². The first kappa shape index (κ1) is 29.7. The van der Waals surface area contributed by atoms with Gasteiger partial charge in [0.05, 0.1) is 0 Å². The lowest BCUT2D eigenvalue weighted by molar-refractivity contribution is 0.660. The van der Waals surface area contributed by atoms with E-state index in [1.165, 1.54) is 99.1 Å². The highest BCUT2D eigenvalue weighted by Gasteiger charge is 2.35. The number of hydrogen-bond donors (Lipinski definition) is 0. The molecule has 0 heterocycles. The Morgan fingerprint density at radius 2 is 0.843 bits per heavy atom. The van der Waals surface area contributed by atoms with E-state index in [4.69, 9.17) is 0 Å². The maximum atomic E-state index is 2.48. The van der Waals surface area contributed by atoms with Crippen LogP contribution >= 0.6 is 0 Å². The lowest BCUT2D eigenvalue weighted by atomic mass is 9.80. The van der Waals surface area contributed by atoms with E-state index in [-0.39, 0.29) is 5.41 Å². The minimum absolute atomic E-state index is 0.0786. The Morgan fingerprint density at radius 1 is 0.294 bits per heavy atom. The van der Waals surface area contributed by atoms with Crippen LogP contribution in [0.2, 0.25) is 0 Å². The molecular weight excluding hydrogens is 613 g/mol. The average Bonchev–Trinajstić information content (AvgIpc) is 3.42. The molecule has 0 fully saturated rings. The summed E-state index contributed by atoms with van der Waals surface area (Å²) in [6, 6.07) is 67.5. The van der Waals surface area contributed by atoms with E-state index < -0.39 is 0 Å². The van der Waals surface area contributed by atoms with Gasteiger partial charge in [0.25, 0.3) is 0 Å². The summed E-state index contributed by atoms with van der Waals surface area (Å²) in [7, 11) is 0. The third-order valence-corrected chi connectivity index (χ3v) is 11.3. The van der Waals surface area contributed by atoms with Crippen molar-refractivity contribution >= 4 is 32.3 Å². The van der Waals surface area contributed by atoms with Crippen LogP contribution in [0.4, 0.5) is 0 Å². The summed E-state index contributed by atoms with van der Waals surface area (Å²) >= 11 is 0. The smallest absolute Gasteiger partial charge is 0.0159 e. The summed E-state index contributed by atoms with van der Waals surface area (Å²) in [5.74, 6) is 0. The molecule has 10 rings (SSSR count). The molecule has 0 nitrogen and oxygen atoms in total. The standard InChI is InChI=1S/C51H36/c1-51(2)47-25-11-10-21-41(47)42-28-27-38(32-48(42)51)50-44-23-9-8-22-43(44)49(45-29-26-35(31-46(45)50)33-14-4-3-5-15-33)37-19-12-18-36(30-37)40-24-13-17-34-16-6-7-20-39(34)40/h3-32H,1-2H3. The minimum atomic E-state index is -0.0786. The molecule has 0 N–H and O–H groups in total. The van der Waals surface area contributed by atoms with E-state index in [0.717, 1.165) is 0 Å². The van der Waals surface area contributed by atoms with Gasteiger partial charge in [-0.2, -0.15) is 0 Å². The third-order valence-electron chi connectivity index (χ3n) is 11.3. The van der Waals surface area contributed by atoms with Gasteiger partial charge in [0.2, 0.25) is 0 Å². The van der Waals surface area contributed by atoms with Crippen LogP contribution in [-0.4, -0.2) is 0 Å². The largest absolute Gasteiger partial charge is 0.0622 e. The first-order valence-electron chi connectivity index (χ1n) is 17.9. The number of rotatable bonds is 4. The van der Waals surface area contributed by atoms with Gasteiger partial charge >= 0.3 is 0 Å². The van der Waals surface area contributed by atoms with E-state index in [1.807, 2.05) is 0 Å². The fourth-order valence-corrected chi connectivity index (χ4v) is 8.79. The second-order valence-electron chi connectivity index (χ2n) is 14.5. The fraction of sp³-hybridized carbons (Fsp3) is 0.0588. The van der Waals surface area contributed by atoms with Crippen molar-refractivity contribution in [1.29, 1.82) is 0 Å². The predicted molar refractivity (Wildman–Crippen MR) is 218 cm³/mol. The Kier molecular flexibility index (Phi) is 6.63. The zero-order chi connectivity index (χ0) is 34.1. The molecule has 0 unspecified atom stereocenters. The molecule has 0 spiro atoms. The highest BCUT2D eigenvalue weighted by Crippen LogP contribution is 2.51. The van der Waals surface area contributed by atoms with Crippen molar-refractivity contribution in [3.63, 3.8) is 0 Å². The molecule has 9 aromatic carbocycles. The molecule has 0 bridgehead atoms. The lowest BCUT2D eigenvalue weighted by Crippen LogP contribution is -2.14. The molecule has 0 heteroatoms. The predicted octanol–water partition coefficient (Wildman–Crippen LogP) is 14.1. The molecule has 0 radical (unpaired) electrons. The molecule has 0 amide bonds. The summed E-state index contributed by atoms with van der Waals surface area (Å²) in [6.07, 6.45) is 0. The zero-order valence-electron chi connectivity index (χ0n) is 28.8. The van der Waals surface area contributed by atoms with Crippen LogP contribution < -0.4 is 0 Å². The maximum Gasteiger partial charge on any atom is 0.0159 e. The summed E-state index contributed by atoms with van der Waals surface area (Å²) in [5, 5.41) is 7.61. The quantitative estimate of drug-likeness (QED) is 0.167. The van der Waals surface area contributed by atoms with Gasteiger partial charge in [-0.1, -0.05) is 178 Å². The first-order chi connectivity index (χ1) is 25.1. The van der Waals surface area contributed by atoms with Crippen molar-refractivity contribution < 1.29 is 0 Å². The Hall–Kier alpha value is -6.24. The van der Waals surface area contributed by atoms with Crippen LogP contribution in [0.1, 0.15) is 25.0 Å². The van der Waals surface area contributed by atoms with E-state index in [0.29, 0.717) is 0 Å². The van der Waals surface area contributed by atoms with E-state index >= 15 is 0 Å². The summed E-state index contributed by atoms with van der Waals surface area (Å²) in [5.41, 5.74) is 15.4. The van der Waals surface area contributed by atoms with Gasteiger partial charge in [0, 0.05) is 5.41 Å². The highest BCUT2D eigenvalue weighted by molar-refractivity contribution is 6.22. The number of benzene rings is 9. The van der Waals surface area contributed by atoms with E-state index in [2.05, 4.69) is 196 Å². The molecule has 0 aliphatic heterocycles. The van der Waals surface area contributed by atoms with Gasteiger partial charge < -0.3 is 0 Å². The number of hydrogen-bond acceptors (Lipinski definition) is 0. The topological polar surface area (TPSA) is 0 Å². The van der Waals surface area contributed by atoms with Crippen molar-refractivity contribution in [2.75, 3.05) is 0 Å². The molecule has 51 heavy (non-hydrogen) atoms. The average molecular weight is 649 g/mol. The summed E-state index contributed by atoms with van der Waals surface area (Å²) in [4.78, 5) is 0. The van der Waals surface area contributed by atoms with Crippen molar-refractivity contribution in [2.24, 2.45) is 0 Å². The number of fused-ring (bicyclic) bond motifs is 6. The minimum Gasteiger partial charge on any atom is -0.0622 e. The third kappa shape index (κ3) is 4.60. The molecule has 1 aliphatic carbocycles. The molecule has 9 aromatic rings. The van der Waals surface area contributed by atoms with Gasteiger partial charge in [-0.25, -0.2) is 0 Å². The SMILES string of the molecule is CC1(C)c2ccccc2-c2ccc(-c3c4ccccc4c(-c4cccc(-c5cccc6ccccc56)c4)c4ccc(-c5ccccc5)cc34)cc21. The summed E-state index contributed by atoms with van der Waals surface area (Å²) in [6.45, 7) is 4.74. The molecule has 0 saturated heterocycles. The molecule has 0 atom stereocenters. The molecule has 1 aliphatic rings. The van der Waals surface area contributed by atoms with Gasteiger partial charge in [-0.15, -0.1) is 0 Å². The van der Waals surface area contributed by atoms with Crippen molar-refractivity contribution in [3.05, 3.63) is 193 Å². The van der Waals surface area contributed by atoms with Crippen LogP contribution in [-0.2, 0) is 5.41 Å². The van der Waals surface area contributed by atoms with Gasteiger partial charge in [0.15, 0.2) is 0 Å². The van der Waals surface area contributed by atoms with Crippen molar-refractivity contribution in [2.45, 2.75) is 19.3 Å². The van der Waals surface area contributed by atoms with Crippen LogP contribution in [0, 0.1) is 0 Å².